The summed E-state index contributed by atoms with van der Waals surface area (Å²) in [6.45, 7) is 1.40. The minimum absolute atomic E-state index is 0.135. The van der Waals surface area contributed by atoms with Crippen LogP contribution in [0.25, 0.3) is 0 Å². The SMILES string of the molecule is Cc1nsc(NS(=O)(=O)c2cc(F)cc(F)c2)c1C(=O)O. The first-order valence-corrected chi connectivity index (χ1v) is 7.65. The first-order chi connectivity index (χ1) is 9.70. The lowest BCUT2D eigenvalue weighted by Crippen LogP contribution is -2.15. The van der Waals surface area contributed by atoms with Gasteiger partial charge in [-0.25, -0.2) is 22.0 Å². The summed E-state index contributed by atoms with van der Waals surface area (Å²) in [6.07, 6.45) is 0. The minimum atomic E-state index is -4.32. The number of hydrogen-bond donors (Lipinski definition) is 2. The highest BCUT2D eigenvalue weighted by atomic mass is 32.2. The molecular weight excluding hydrogens is 326 g/mol. The number of carbonyl (C=O) groups is 1. The van der Waals surface area contributed by atoms with E-state index in [1.807, 2.05) is 4.72 Å². The van der Waals surface area contributed by atoms with Crippen molar-refractivity contribution in [2.75, 3.05) is 4.72 Å². The normalized spacial score (nSPS) is 11.4. The Morgan fingerprint density at radius 2 is 1.86 bits per heavy atom. The maximum absolute atomic E-state index is 13.1. The second-order valence-electron chi connectivity index (χ2n) is 3.99. The van der Waals surface area contributed by atoms with Gasteiger partial charge in [-0.2, -0.15) is 4.37 Å². The van der Waals surface area contributed by atoms with E-state index in [4.69, 9.17) is 5.11 Å². The molecule has 21 heavy (non-hydrogen) atoms. The number of aromatic carboxylic acids is 1. The van der Waals surface area contributed by atoms with Crippen LogP contribution in [0.5, 0.6) is 0 Å². The summed E-state index contributed by atoms with van der Waals surface area (Å²) in [7, 11) is -4.32. The second-order valence-corrected chi connectivity index (χ2v) is 6.44. The predicted octanol–water partition coefficient (Wildman–Crippen LogP) is 2.23. The Morgan fingerprint density at radius 1 is 1.29 bits per heavy atom. The molecule has 2 aromatic rings. The summed E-state index contributed by atoms with van der Waals surface area (Å²) < 4.78 is 55.9. The summed E-state index contributed by atoms with van der Waals surface area (Å²) in [5, 5.41) is 8.77. The van der Waals surface area contributed by atoms with Gasteiger partial charge in [0.1, 0.15) is 22.2 Å². The number of nitrogens with one attached hydrogen (secondary N) is 1. The third-order valence-electron chi connectivity index (χ3n) is 2.45. The molecule has 0 bridgehead atoms. The molecule has 112 valence electrons. The molecule has 0 saturated heterocycles. The summed E-state index contributed by atoms with van der Waals surface area (Å²) in [5.74, 6) is -3.48. The van der Waals surface area contributed by atoms with Gasteiger partial charge < -0.3 is 5.11 Å². The van der Waals surface area contributed by atoms with Crippen LogP contribution in [0, 0.1) is 18.6 Å². The fraction of sp³-hybridized carbons (Fsp3) is 0.0909. The van der Waals surface area contributed by atoms with Gasteiger partial charge in [0, 0.05) is 6.07 Å². The van der Waals surface area contributed by atoms with Crippen molar-refractivity contribution in [3.8, 4) is 0 Å². The molecule has 0 amide bonds. The van der Waals surface area contributed by atoms with E-state index in [2.05, 4.69) is 4.37 Å². The van der Waals surface area contributed by atoms with Gasteiger partial charge in [-0.05, 0) is 30.6 Å². The molecule has 0 aliphatic rings. The Labute approximate surface area is 122 Å². The van der Waals surface area contributed by atoms with Gasteiger partial charge in [-0.15, -0.1) is 0 Å². The van der Waals surface area contributed by atoms with Gasteiger partial charge in [0.05, 0.1) is 10.6 Å². The van der Waals surface area contributed by atoms with E-state index >= 15 is 0 Å². The van der Waals surface area contributed by atoms with Crippen molar-refractivity contribution in [1.29, 1.82) is 0 Å². The van der Waals surface area contributed by atoms with E-state index < -0.39 is 32.5 Å². The van der Waals surface area contributed by atoms with Crippen molar-refractivity contribution < 1.29 is 27.1 Å². The van der Waals surface area contributed by atoms with Gasteiger partial charge in [0.15, 0.2) is 0 Å². The van der Waals surface area contributed by atoms with Crippen LogP contribution in [0.4, 0.5) is 13.8 Å². The lowest BCUT2D eigenvalue weighted by atomic mass is 10.2. The fourth-order valence-corrected chi connectivity index (χ4v) is 3.68. The maximum Gasteiger partial charge on any atom is 0.340 e. The molecule has 0 saturated carbocycles. The van der Waals surface area contributed by atoms with Crippen LogP contribution in [0.15, 0.2) is 23.1 Å². The number of sulfonamides is 1. The van der Waals surface area contributed by atoms with Crippen molar-refractivity contribution in [3.05, 3.63) is 41.1 Å². The quantitative estimate of drug-likeness (QED) is 0.894. The van der Waals surface area contributed by atoms with E-state index in [1.165, 1.54) is 6.92 Å². The molecule has 0 aliphatic carbocycles. The molecule has 6 nitrogen and oxygen atoms in total. The fourth-order valence-electron chi connectivity index (χ4n) is 1.56. The van der Waals surface area contributed by atoms with Gasteiger partial charge >= 0.3 is 5.97 Å². The summed E-state index contributed by atoms with van der Waals surface area (Å²) in [4.78, 5) is 10.4. The Morgan fingerprint density at radius 3 is 2.38 bits per heavy atom. The van der Waals surface area contributed by atoms with E-state index in [1.54, 1.807) is 0 Å². The third kappa shape index (κ3) is 3.16. The smallest absolute Gasteiger partial charge is 0.340 e. The second kappa shape index (κ2) is 5.37. The topological polar surface area (TPSA) is 96.4 Å². The molecule has 0 radical (unpaired) electrons. The number of hydrogen-bond acceptors (Lipinski definition) is 5. The molecule has 1 aromatic carbocycles. The monoisotopic (exact) mass is 334 g/mol. The number of aryl methyl sites for hydroxylation is 1. The first kappa shape index (κ1) is 15.3. The number of halogens is 2. The number of carboxylic acids is 1. The first-order valence-electron chi connectivity index (χ1n) is 5.39. The number of rotatable bonds is 4. The summed E-state index contributed by atoms with van der Waals surface area (Å²) in [6, 6.07) is 1.78. The Balaban J connectivity index is 2.45. The van der Waals surface area contributed by atoms with Crippen LogP contribution in [-0.4, -0.2) is 23.9 Å². The molecule has 0 unspecified atom stereocenters. The van der Waals surface area contributed by atoms with Crippen LogP contribution in [-0.2, 0) is 10.0 Å². The number of carboxylic acid groups (broad SMARTS) is 1. The Kier molecular flexibility index (Phi) is 3.92. The lowest BCUT2D eigenvalue weighted by Gasteiger charge is -2.07. The lowest BCUT2D eigenvalue weighted by molar-refractivity contribution is 0.0697. The van der Waals surface area contributed by atoms with Crippen molar-refractivity contribution in [3.63, 3.8) is 0 Å². The Hall–Kier alpha value is -2.07. The van der Waals surface area contributed by atoms with Crippen LogP contribution in [0.2, 0.25) is 0 Å². The molecule has 0 fully saturated rings. The van der Waals surface area contributed by atoms with Crippen molar-refractivity contribution in [2.24, 2.45) is 0 Å². The molecule has 0 atom stereocenters. The summed E-state index contributed by atoms with van der Waals surface area (Å²) in [5.41, 5.74) is -0.170. The zero-order chi connectivity index (χ0) is 15.8. The highest BCUT2D eigenvalue weighted by Gasteiger charge is 2.23. The maximum atomic E-state index is 13.1. The largest absolute Gasteiger partial charge is 0.478 e. The molecule has 0 spiro atoms. The zero-order valence-corrected chi connectivity index (χ0v) is 12.1. The van der Waals surface area contributed by atoms with E-state index in [-0.39, 0.29) is 16.3 Å². The van der Waals surface area contributed by atoms with Crippen molar-refractivity contribution in [2.45, 2.75) is 11.8 Å². The molecule has 2 rings (SSSR count). The van der Waals surface area contributed by atoms with Gasteiger partial charge in [0.2, 0.25) is 0 Å². The number of nitrogens with zero attached hydrogens (tertiary/aromatic N) is 1. The Bertz CT molecular complexity index is 797. The van der Waals surface area contributed by atoms with E-state index in [0.717, 1.165) is 0 Å². The number of anilines is 1. The van der Waals surface area contributed by atoms with Gasteiger partial charge in [-0.3, -0.25) is 4.72 Å². The molecule has 2 N–H and O–H groups in total. The third-order valence-corrected chi connectivity index (χ3v) is 4.76. The molecule has 1 aromatic heterocycles. The zero-order valence-electron chi connectivity index (χ0n) is 10.4. The van der Waals surface area contributed by atoms with Gasteiger partial charge in [-0.1, -0.05) is 0 Å². The number of benzene rings is 1. The minimum Gasteiger partial charge on any atom is -0.478 e. The summed E-state index contributed by atoms with van der Waals surface area (Å²) >= 11 is 0.626. The average molecular weight is 334 g/mol. The highest BCUT2D eigenvalue weighted by molar-refractivity contribution is 7.93. The van der Waals surface area contributed by atoms with Crippen LogP contribution >= 0.6 is 11.5 Å². The van der Waals surface area contributed by atoms with E-state index in [9.17, 15) is 22.0 Å². The van der Waals surface area contributed by atoms with Crippen LogP contribution < -0.4 is 4.72 Å². The molecular formula is C11H8F2N2O4S2. The molecule has 1 heterocycles. The van der Waals surface area contributed by atoms with Crippen molar-refractivity contribution in [1.82, 2.24) is 4.37 Å². The average Bonchev–Trinajstić information content (AvgIpc) is 2.68. The molecule has 0 aliphatic heterocycles. The van der Waals surface area contributed by atoms with Crippen molar-refractivity contribution >= 4 is 32.5 Å². The standard InChI is InChI=1S/C11H8F2N2O4S2/c1-5-9(11(16)17)10(20-14-5)15-21(18,19)8-3-6(12)2-7(13)4-8/h2-4,15H,1H3,(H,16,17). The number of aromatic nitrogens is 1. The van der Waals surface area contributed by atoms with E-state index in [0.29, 0.717) is 29.7 Å². The molecule has 10 heteroatoms. The van der Waals surface area contributed by atoms with Crippen LogP contribution in [0.3, 0.4) is 0 Å². The van der Waals surface area contributed by atoms with Crippen LogP contribution in [0.1, 0.15) is 16.1 Å². The highest BCUT2D eigenvalue weighted by Crippen LogP contribution is 2.27. The van der Waals surface area contributed by atoms with Gasteiger partial charge in [0.25, 0.3) is 10.0 Å². The predicted molar refractivity (Wildman–Crippen MR) is 71.0 cm³/mol.